The lowest BCUT2D eigenvalue weighted by molar-refractivity contribution is -0.123. The normalized spacial score (nSPS) is 15.5. The Bertz CT molecular complexity index is 1180. The minimum atomic E-state index is -0.244. The fraction of sp³-hybridized carbons (Fsp3) is 0.130. The maximum Gasteiger partial charge on any atom is 0.293 e. The van der Waals surface area contributed by atoms with Gasteiger partial charge in [-0.15, -0.1) is 0 Å². The third-order valence-electron chi connectivity index (χ3n) is 4.95. The van der Waals surface area contributed by atoms with E-state index >= 15 is 0 Å². The van der Waals surface area contributed by atoms with Crippen molar-refractivity contribution in [2.45, 2.75) is 20.4 Å². The molecule has 1 aliphatic rings. The van der Waals surface area contributed by atoms with Crippen molar-refractivity contribution < 1.29 is 9.59 Å². The molecule has 30 heavy (non-hydrogen) atoms. The Morgan fingerprint density at radius 3 is 2.50 bits per heavy atom. The van der Waals surface area contributed by atoms with Crippen LogP contribution in [0.25, 0.3) is 11.8 Å². The van der Waals surface area contributed by atoms with Crippen molar-refractivity contribution in [1.82, 2.24) is 9.47 Å². The summed E-state index contributed by atoms with van der Waals surface area (Å²) in [6.45, 7) is 4.35. The first kappa shape index (κ1) is 21.4. The van der Waals surface area contributed by atoms with E-state index in [1.165, 1.54) is 4.90 Å². The number of hydrogen-bond acceptors (Lipinski definition) is 3. The SMILES string of the molecule is Cc1cc(/C=C2\SC(=O)N(Cc3ccc(Br)cc3)C2=O)c(C)n1-c1cccc(I)c1. The van der Waals surface area contributed by atoms with Crippen molar-refractivity contribution in [2.24, 2.45) is 0 Å². The zero-order valence-corrected chi connectivity index (χ0v) is 20.9. The molecule has 2 amide bonds. The number of carbonyl (C=O) groups is 2. The van der Waals surface area contributed by atoms with Crippen molar-refractivity contribution in [2.75, 3.05) is 0 Å². The third kappa shape index (κ3) is 4.29. The zero-order valence-electron chi connectivity index (χ0n) is 16.4. The second kappa shape index (κ2) is 8.72. The molecule has 1 aliphatic heterocycles. The standard InChI is InChI=1S/C23H18BrIN2O2S/c1-14-10-17(15(2)27(14)20-5-3-4-19(25)12-20)11-21-22(28)26(23(29)30-21)13-16-6-8-18(24)9-7-16/h3-12H,13H2,1-2H3/b21-11-. The molecule has 3 aromatic rings. The molecule has 0 spiro atoms. The number of amides is 2. The van der Waals surface area contributed by atoms with Crippen molar-refractivity contribution in [3.8, 4) is 5.69 Å². The van der Waals surface area contributed by atoms with E-state index in [9.17, 15) is 9.59 Å². The number of imide groups is 1. The lowest BCUT2D eigenvalue weighted by atomic mass is 10.2. The molecule has 0 saturated carbocycles. The highest BCUT2D eigenvalue weighted by Crippen LogP contribution is 2.34. The van der Waals surface area contributed by atoms with Crippen LogP contribution in [0.1, 0.15) is 22.5 Å². The van der Waals surface area contributed by atoms with Crippen LogP contribution in [0.15, 0.2) is 64.0 Å². The molecule has 0 aliphatic carbocycles. The lowest BCUT2D eigenvalue weighted by Crippen LogP contribution is -2.27. The van der Waals surface area contributed by atoms with Gasteiger partial charge in [-0.05, 0) is 102 Å². The van der Waals surface area contributed by atoms with Gasteiger partial charge in [0.1, 0.15) is 0 Å². The minimum absolute atomic E-state index is 0.236. The molecule has 0 radical (unpaired) electrons. The van der Waals surface area contributed by atoms with E-state index in [2.05, 4.69) is 67.4 Å². The highest BCUT2D eigenvalue weighted by atomic mass is 127. The quantitative estimate of drug-likeness (QED) is 0.250. The number of rotatable bonds is 4. The van der Waals surface area contributed by atoms with Gasteiger partial charge in [-0.25, -0.2) is 0 Å². The average Bonchev–Trinajstić information content (AvgIpc) is 3.13. The molecule has 1 aromatic heterocycles. The maximum atomic E-state index is 12.9. The van der Waals surface area contributed by atoms with Gasteiger partial charge in [0.05, 0.1) is 11.4 Å². The fourth-order valence-corrected chi connectivity index (χ4v) is 5.12. The van der Waals surface area contributed by atoms with E-state index in [1.54, 1.807) is 0 Å². The summed E-state index contributed by atoms with van der Waals surface area (Å²) in [5.41, 5.74) is 5.06. The first-order chi connectivity index (χ1) is 14.3. The van der Waals surface area contributed by atoms with E-state index in [1.807, 2.05) is 50.3 Å². The summed E-state index contributed by atoms with van der Waals surface area (Å²) >= 11 is 6.70. The van der Waals surface area contributed by atoms with Crippen LogP contribution in [0.2, 0.25) is 0 Å². The van der Waals surface area contributed by atoms with Gasteiger partial charge in [0.2, 0.25) is 0 Å². The Kier molecular flexibility index (Phi) is 6.22. The minimum Gasteiger partial charge on any atom is -0.318 e. The predicted molar refractivity (Wildman–Crippen MR) is 134 cm³/mol. The molecule has 2 aromatic carbocycles. The molecular formula is C23H18BrIN2O2S. The Morgan fingerprint density at radius 2 is 1.80 bits per heavy atom. The molecular weight excluding hydrogens is 575 g/mol. The second-order valence-electron chi connectivity index (χ2n) is 7.04. The van der Waals surface area contributed by atoms with Crippen molar-refractivity contribution in [3.63, 3.8) is 0 Å². The van der Waals surface area contributed by atoms with Crippen molar-refractivity contribution >= 4 is 67.5 Å². The Labute approximate surface area is 201 Å². The first-order valence-electron chi connectivity index (χ1n) is 9.28. The molecule has 0 atom stereocenters. The molecule has 4 nitrogen and oxygen atoms in total. The van der Waals surface area contributed by atoms with Crippen molar-refractivity contribution in [1.29, 1.82) is 0 Å². The molecule has 7 heteroatoms. The summed E-state index contributed by atoms with van der Waals surface area (Å²) < 4.78 is 4.29. The maximum absolute atomic E-state index is 12.9. The average molecular weight is 593 g/mol. The number of thioether (sulfide) groups is 1. The van der Waals surface area contributed by atoms with E-state index in [0.717, 1.165) is 48.0 Å². The molecule has 152 valence electrons. The molecule has 2 heterocycles. The summed E-state index contributed by atoms with van der Waals surface area (Å²) in [7, 11) is 0. The van der Waals surface area contributed by atoms with E-state index in [0.29, 0.717) is 4.91 Å². The largest absolute Gasteiger partial charge is 0.318 e. The van der Waals surface area contributed by atoms with Gasteiger partial charge >= 0.3 is 0 Å². The topological polar surface area (TPSA) is 42.3 Å². The number of halogens is 2. The van der Waals surface area contributed by atoms with Crippen LogP contribution in [-0.2, 0) is 11.3 Å². The van der Waals surface area contributed by atoms with Crippen LogP contribution < -0.4 is 0 Å². The number of carbonyl (C=O) groups excluding carboxylic acids is 2. The molecule has 1 fully saturated rings. The van der Waals surface area contributed by atoms with Crippen LogP contribution in [0.4, 0.5) is 4.79 Å². The Hall–Kier alpha value is -1.84. The highest BCUT2D eigenvalue weighted by Gasteiger charge is 2.35. The van der Waals surface area contributed by atoms with Gasteiger partial charge in [0.25, 0.3) is 11.1 Å². The second-order valence-corrected chi connectivity index (χ2v) is 10.2. The van der Waals surface area contributed by atoms with Gasteiger partial charge in [-0.2, -0.15) is 0 Å². The Balaban J connectivity index is 1.62. The fourth-order valence-electron chi connectivity index (χ4n) is 3.50. The Morgan fingerprint density at radius 1 is 1.07 bits per heavy atom. The van der Waals surface area contributed by atoms with E-state index in [4.69, 9.17) is 0 Å². The van der Waals surface area contributed by atoms with Crippen LogP contribution >= 0.6 is 50.3 Å². The van der Waals surface area contributed by atoms with Gasteiger partial charge in [-0.3, -0.25) is 14.5 Å². The highest BCUT2D eigenvalue weighted by molar-refractivity contribution is 14.1. The summed E-state index contributed by atoms with van der Waals surface area (Å²) in [6.07, 6.45) is 1.83. The molecule has 1 saturated heterocycles. The van der Waals surface area contributed by atoms with Crippen LogP contribution in [0, 0.1) is 17.4 Å². The van der Waals surface area contributed by atoms with Crippen LogP contribution in [-0.4, -0.2) is 20.6 Å². The number of aromatic nitrogens is 1. The van der Waals surface area contributed by atoms with E-state index < -0.39 is 0 Å². The van der Waals surface area contributed by atoms with Gasteiger partial charge in [0, 0.05) is 25.1 Å². The zero-order chi connectivity index (χ0) is 21.4. The third-order valence-corrected chi connectivity index (χ3v) is 7.06. The summed E-state index contributed by atoms with van der Waals surface area (Å²) in [4.78, 5) is 27.2. The van der Waals surface area contributed by atoms with Gasteiger partial charge in [-0.1, -0.05) is 34.1 Å². The molecule has 0 unspecified atom stereocenters. The molecule has 0 bridgehead atoms. The first-order valence-corrected chi connectivity index (χ1v) is 12.0. The summed E-state index contributed by atoms with van der Waals surface area (Å²) in [6, 6.07) is 18.0. The smallest absolute Gasteiger partial charge is 0.293 e. The number of nitrogens with zero attached hydrogens (tertiary/aromatic N) is 2. The van der Waals surface area contributed by atoms with E-state index in [-0.39, 0.29) is 17.7 Å². The van der Waals surface area contributed by atoms with Crippen LogP contribution in [0.5, 0.6) is 0 Å². The predicted octanol–water partition coefficient (Wildman–Crippen LogP) is 6.70. The molecule has 4 rings (SSSR count). The van der Waals surface area contributed by atoms with Gasteiger partial charge in [0.15, 0.2) is 0 Å². The molecule has 0 N–H and O–H groups in total. The van der Waals surface area contributed by atoms with Crippen LogP contribution in [0.3, 0.4) is 0 Å². The number of aryl methyl sites for hydroxylation is 1. The lowest BCUT2D eigenvalue weighted by Gasteiger charge is -2.12. The number of benzene rings is 2. The summed E-state index contributed by atoms with van der Waals surface area (Å²) in [5, 5.41) is -0.236. The monoisotopic (exact) mass is 592 g/mol. The van der Waals surface area contributed by atoms with Gasteiger partial charge < -0.3 is 4.57 Å². The number of hydrogen-bond donors (Lipinski definition) is 0. The summed E-state index contributed by atoms with van der Waals surface area (Å²) in [5.74, 6) is -0.244. The van der Waals surface area contributed by atoms with Crippen molar-refractivity contribution in [3.05, 3.63) is 90.1 Å².